The van der Waals surface area contributed by atoms with Gasteiger partial charge in [0.2, 0.25) is 5.91 Å². The number of unbranched alkanes of at least 4 members (excludes halogenated alkanes) is 2. The number of hydrogen-bond acceptors (Lipinski definition) is 4. The van der Waals surface area contributed by atoms with E-state index >= 15 is 0 Å². The fourth-order valence-corrected chi connectivity index (χ4v) is 2.29. The van der Waals surface area contributed by atoms with Gasteiger partial charge in [-0.25, -0.2) is 0 Å². The van der Waals surface area contributed by atoms with Crippen LogP contribution >= 0.6 is 0 Å². The molecule has 0 radical (unpaired) electrons. The van der Waals surface area contributed by atoms with E-state index < -0.39 is 0 Å². The smallest absolute Gasteiger partial charge is 0.229 e. The van der Waals surface area contributed by atoms with Crippen molar-refractivity contribution in [2.75, 3.05) is 40.0 Å². The highest BCUT2D eigenvalue weighted by Gasteiger charge is 2.34. The van der Waals surface area contributed by atoms with Crippen LogP contribution < -0.4 is 5.32 Å². The fraction of sp³-hybridized carbons (Fsp3) is 0.923. The van der Waals surface area contributed by atoms with Gasteiger partial charge in [0.1, 0.15) is 0 Å². The van der Waals surface area contributed by atoms with E-state index in [9.17, 15) is 4.79 Å². The Kier molecular flexibility index (Phi) is 7.23. The van der Waals surface area contributed by atoms with Crippen LogP contribution in [0.1, 0.15) is 26.2 Å². The minimum absolute atomic E-state index is 0.0483. The van der Waals surface area contributed by atoms with Crippen molar-refractivity contribution in [3.63, 3.8) is 0 Å². The van der Waals surface area contributed by atoms with E-state index in [1.807, 2.05) is 14.0 Å². The topological polar surface area (TPSA) is 61.8 Å². The summed E-state index contributed by atoms with van der Waals surface area (Å²) in [5, 5.41) is 12.0. The van der Waals surface area contributed by atoms with Gasteiger partial charge in [0.05, 0.1) is 19.1 Å². The number of rotatable bonds is 8. The van der Waals surface area contributed by atoms with Crippen molar-refractivity contribution in [1.29, 1.82) is 0 Å². The Balaban J connectivity index is 2.33. The molecule has 1 saturated heterocycles. The van der Waals surface area contributed by atoms with Crippen LogP contribution in [-0.2, 0) is 9.53 Å². The Morgan fingerprint density at radius 1 is 1.39 bits per heavy atom. The summed E-state index contributed by atoms with van der Waals surface area (Å²) in [4.78, 5) is 14.0. The average Bonchev–Trinajstić information content (AvgIpc) is 2.82. The third-order valence-corrected chi connectivity index (χ3v) is 3.39. The second-order valence-electron chi connectivity index (χ2n) is 4.85. The van der Waals surface area contributed by atoms with Crippen LogP contribution in [0, 0.1) is 5.92 Å². The number of ether oxygens (including phenoxy) is 1. The molecule has 1 rings (SSSR count). The zero-order valence-electron chi connectivity index (χ0n) is 11.5. The van der Waals surface area contributed by atoms with Gasteiger partial charge in [-0.05, 0) is 25.8 Å². The second kappa shape index (κ2) is 8.45. The van der Waals surface area contributed by atoms with Gasteiger partial charge in [0.25, 0.3) is 0 Å². The number of carbonyl (C=O) groups is 1. The highest BCUT2D eigenvalue weighted by Crippen LogP contribution is 2.16. The lowest BCUT2D eigenvalue weighted by molar-refractivity contribution is -0.134. The van der Waals surface area contributed by atoms with Crippen molar-refractivity contribution < 1.29 is 14.6 Å². The van der Waals surface area contributed by atoms with Crippen molar-refractivity contribution in [2.24, 2.45) is 5.92 Å². The Bertz CT molecular complexity index is 248. The lowest BCUT2D eigenvalue weighted by Crippen LogP contribution is -2.44. The largest absolute Gasteiger partial charge is 0.396 e. The molecule has 0 aromatic heterocycles. The second-order valence-corrected chi connectivity index (χ2v) is 4.85. The van der Waals surface area contributed by atoms with Gasteiger partial charge in [-0.15, -0.1) is 0 Å². The van der Waals surface area contributed by atoms with Gasteiger partial charge in [-0.1, -0.05) is 6.92 Å². The molecule has 106 valence electrons. The van der Waals surface area contributed by atoms with Gasteiger partial charge < -0.3 is 20.1 Å². The molecular formula is C13H26N2O3. The maximum absolute atomic E-state index is 12.3. The van der Waals surface area contributed by atoms with Gasteiger partial charge in [0.15, 0.2) is 0 Å². The SMILES string of the molecule is CCNC1COCC1C(=O)N(C)CCCCCO. The number of hydrogen-bond donors (Lipinski definition) is 2. The molecule has 1 aliphatic rings. The first-order chi connectivity index (χ1) is 8.70. The molecule has 0 bridgehead atoms. The molecular weight excluding hydrogens is 232 g/mol. The maximum atomic E-state index is 12.3. The van der Waals surface area contributed by atoms with Gasteiger partial charge in [0, 0.05) is 26.2 Å². The summed E-state index contributed by atoms with van der Waals surface area (Å²) in [6.07, 6.45) is 2.72. The molecule has 2 atom stereocenters. The summed E-state index contributed by atoms with van der Waals surface area (Å²) in [6.45, 7) is 5.04. The summed E-state index contributed by atoms with van der Waals surface area (Å²) in [7, 11) is 1.85. The van der Waals surface area contributed by atoms with Gasteiger partial charge >= 0.3 is 0 Å². The van der Waals surface area contributed by atoms with E-state index in [-0.39, 0.29) is 24.5 Å². The molecule has 2 unspecified atom stereocenters. The minimum Gasteiger partial charge on any atom is -0.396 e. The number of nitrogens with zero attached hydrogens (tertiary/aromatic N) is 1. The number of nitrogens with one attached hydrogen (secondary N) is 1. The number of aliphatic hydroxyl groups is 1. The van der Waals surface area contributed by atoms with Crippen LogP contribution in [0.15, 0.2) is 0 Å². The number of aliphatic hydroxyl groups excluding tert-OH is 1. The summed E-state index contributed by atoms with van der Waals surface area (Å²) in [6, 6.07) is 0.155. The molecule has 0 aromatic rings. The molecule has 2 N–H and O–H groups in total. The Morgan fingerprint density at radius 3 is 2.83 bits per heavy atom. The fourth-order valence-electron chi connectivity index (χ4n) is 2.29. The molecule has 0 aromatic carbocycles. The molecule has 0 spiro atoms. The molecule has 5 heteroatoms. The minimum atomic E-state index is -0.0483. The molecule has 18 heavy (non-hydrogen) atoms. The summed E-state index contributed by atoms with van der Waals surface area (Å²) >= 11 is 0. The number of carbonyl (C=O) groups excluding carboxylic acids is 1. The lowest BCUT2D eigenvalue weighted by Gasteiger charge is -2.24. The van der Waals surface area contributed by atoms with E-state index in [4.69, 9.17) is 9.84 Å². The summed E-state index contributed by atoms with van der Waals surface area (Å²) < 4.78 is 5.39. The average molecular weight is 258 g/mol. The van der Waals surface area contributed by atoms with E-state index in [1.54, 1.807) is 4.90 Å². The highest BCUT2D eigenvalue weighted by molar-refractivity contribution is 5.79. The van der Waals surface area contributed by atoms with Crippen molar-refractivity contribution in [3.8, 4) is 0 Å². The van der Waals surface area contributed by atoms with Crippen LogP contribution in [-0.4, -0.2) is 61.9 Å². The molecule has 1 heterocycles. The molecule has 0 aliphatic carbocycles. The first-order valence-corrected chi connectivity index (χ1v) is 6.87. The third-order valence-electron chi connectivity index (χ3n) is 3.39. The first-order valence-electron chi connectivity index (χ1n) is 6.87. The van der Waals surface area contributed by atoms with Crippen molar-refractivity contribution in [2.45, 2.75) is 32.2 Å². The van der Waals surface area contributed by atoms with Crippen molar-refractivity contribution in [1.82, 2.24) is 10.2 Å². The van der Waals surface area contributed by atoms with Crippen molar-refractivity contribution >= 4 is 5.91 Å². The predicted octanol–water partition coefficient (Wildman–Crippen LogP) is 0.232. The van der Waals surface area contributed by atoms with Crippen LogP contribution in [0.4, 0.5) is 0 Å². The Labute approximate surface area is 109 Å². The zero-order valence-corrected chi connectivity index (χ0v) is 11.5. The van der Waals surface area contributed by atoms with E-state index in [1.165, 1.54) is 0 Å². The van der Waals surface area contributed by atoms with Gasteiger partial charge in [-0.3, -0.25) is 4.79 Å². The van der Waals surface area contributed by atoms with Crippen LogP contribution in [0.25, 0.3) is 0 Å². The van der Waals surface area contributed by atoms with Crippen LogP contribution in [0.3, 0.4) is 0 Å². The molecule has 1 fully saturated rings. The van der Waals surface area contributed by atoms with Crippen LogP contribution in [0.2, 0.25) is 0 Å². The molecule has 1 amide bonds. The maximum Gasteiger partial charge on any atom is 0.229 e. The first kappa shape index (κ1) is 15.4. The van der Waals surface area contributed by atoms with E-state index in [0.717, 1.165) is 32.4 Å². The normalized spacial score (nSPS) is 23.3. The monoisotopic (exact) mass is 258 g/mol. The predicted molar refractivity (Wildman–Crippen MR) is 70.3 cm³/mol. The third kappa shape index (κ3) is 4.55. The molecule has 1 aliphatic heterocycles. The highest BCUT2D eigenvalue weighted by atomic mass is 16.5. The van der Waals surface area contributed by atoms with Crippen LogP contribution in [0.5, 0.6) is 0 Å². The summed E-state index contributed by atoms with van der Waals surface area (Å²) in [5.74, 6) is 0.121. The lowest BCUT2D eigenvalue weighted by atomic mass is 10.0. The van der Waals surface area contributed by atoms with Crippen molar-refractivity contribution in [3.05, 3.63) is 0 Å². The standard InChI is InChI=1S/C13H26N2O3/c1-3-14-12-10-18-9-11(12)13(17)15(2)7-5-4-6-8-16/h11-12,14,16H,3-10H2,1-2H3. The Morgan fingerprint density at radius 2 is 2.17 bits per heavy atom. The number of likely N-dealkylation sites (N-methyl/N-ethyl adjacent to an activating group) is 1. The molecule has 0 saturated carbocycles. The summed E-state index contributed by atoms with van der Waals surface area (Å²) in [5.41, 5.74) is 0. The van der Waals surface area contributed by atoms with E-state index in [0.29, 0.717) is 13.2 Å². The number of amides is 1. The zero-order chi connectivity index (χ0) is 13.4. The van der Waals surface area contributed by atoms with Gasteiger partial charge in [-0.2, -0.15) is 0 Å². The Hall–Kier alpha value is -0.650. The van der Waals surface area contributed by atoms with E-state index in [2.05, 4.69) is 5.32 Å². The molecule has 5 nitrogen and oxygen atoms in total. The quantitative estimate of drug-likeness (QED) is 0.612.